The van der Waals surface area contributed by atoms with Gasteiger partial charge in [-0.15, -0.1) is 5.10 Å². The van der Waals surface area contributed by atoms with Crippen LogP contribution in [0.15, 0.2) is 71.3 Å². The van der Waals surface area contributed by atoms with E-state index in [2.05, 4.69) is 15.4 Å². The molecule has 0 fully saturated rings. The van der Waals surface area contributed by atoms with Crippen LogP contribution < -0.4 is 10.1 Å². The van der Waals surface area contributed by atoms with Crippen molar-refractivity contribution < 1.29 is 13.9 Å². The number of anilines is 1. The maximum absolute atomic E-state index is 13.0. The molecule has 146 valence electrons. The van der Waals surface area contributed by atoms with Crippen LogP contribution in [0.3, 0.4) is 0 Å². The summed E-state index contributed by atoms with van der Waals surface area (Å²) in [4.78, 5) is 17.5. The second-order valence-corrected chi connectivity index (χ2v) is 6.60. The maximum atomic E-state index is 13.0. The van der Waals surface area contributed by atoms with Gasteiger partial charge >= 0.3 is 0 Å². The number of hydrogen-bond donors (Lipinski definition) is 1. The molecule has 0 amide bonds. The Morgan fingerprint density at radius 3 is 2.69 bits per heavy atom. The zero-order chi connectivity index (χ0) is 20.2. The van der Waals surface area contributed by atoms with Gasteiger partial charge in [0.1, 0.15) is 5.75 Å². The highest BCUT2D eigenvalue weighted by Gasteiger charge is 2.20. The van der Waals surface area contributed by atoms with E-state index in [0.29, 0.717) is 34.7 Å². The Balaban J connectivity index is 1.64. The quantitative estimate of drug-likeness (QED) is 0.505. The number of rotatable bonds is 6. The molecule has 0 saturated carbocycles. The summed E-state index contributed by atoms with van der Waals surface area (Å²) in [6.45, 7) is 0.448. The molecule has 0 spiro atoms. The molecular formula is C21H17ClN4O3. The molecule has 0 unspecified atom stereocenters. The highest BCUT2D eigenvalue weighted by molar-refractivity contribution is 6.31. The molecule has 0 bridgehead atoms. The summed E-state index contributed by atoms with van der Waals surface area (Å²) in [6.07, 6.45) is 1.53. The number of aromatic nitrogens is 3. The van der Waals surface area contributed by atoms with E-state index in [1.54, 1.807) is 43.5 Å². The molecule has 4 aromatic rings. The standard InChI is InChI=1S/C21H17ClN4O3/c1-28-17-9-7-14(8-10-17)13-23-21-24-19(18-6-3-11-29-18)25-26(21)20(27)15-4-2-5-16(22)12-15/h2-12H,13H2,1H3,(H,23,24,25). The number of nitrogens with zero attached hydrogens (tertiary/aromatic N) is 3. The molecule has 1 N–H and O–H groups in total. The average Bonchev–Trinajstić information content (AvgIpc) is 3.42. The van der Waals surface area contributed by atoms with Crippen molar-refractivity contribution in [3.05, 3.63) is 83.1 Å². The fourth-order valence-electron chi connectivity index (χ4n) is 2.75. The second kappa shape index (κ2) is 8.20. The Hall–Kier alpha value is -3.58. The Kier molecular flexibility index (Phi) is 5.31. The van der Waals surface area contributed by atoms with Crippen molar-refractivity contribution in [1.82, 2.24) is 14.8 Å². The molecule has 0 atom stereocenters. The number of benzene rings is 2. The lowest BCUT2D eigenvalue weighted by molar-refractivity contribution is 0.0947. The lowest BCUT2D eigenvalue weighted by Gasteiger charge is -2.08. The summed E-state index contributed by atoms with van der Waals surface area (Å²) < 4.78 is 11.8. The summed E-state index contributed by atoms with van der Waals surface area (Å²) in [5.41, 5.74) is 1.40. The van der Waals surface area contributed by atoms with E-state index in [0.717, 1.165) is 11.3 Å². The van der Waals surface area contributed by atoms with Crippen molar-refractivity contribution >= 4 is 23.5 Å². The summed E-state index contributed by atoms with van der Waals surface area (Å²) >= 11 is 6.03. The fourth-order valence-corrected chi connectivity index (χ4v) is 2.94. The number of carbonyl (C=O) groups is 1. The summed E-state index contributed by atoms with van der Waals surface area (Å²) in [6, 6.07) is 17.7. The summed E-state index contributed by atoms with van der Waals surface area (Å²) in [5, 5.41) is 7.97. The van der Waals surface area contributed by atoms with Gasteiger partial charge in [-0.1, -0.05) is 29.8 Å². The van der Waals surface area contributed by atoms with E-state index < -0.39 is 0 Å². The first kappa shape index (κ1) is 18.8. The lowest BCUT2D eigenvalue weighted by Crippen LogP contribution is -2.17. The van der Waals surface area contributed by atoms with Crippen molar-refractivity contribution in [2.24, 2.45) is 0 Å². The first-order valence-electron chi connectivity index (χ1n) is 8.82. The van der Waals surface area contributed by atoms with Gasteiger partial charge < -0.3 is 14.5 Å². The van der Waals surface area contributed by atoms with Crippen molar-refractivity contribution in [2.45, 2.75) is 6.54 Å². The van der Waals surface area contributed by atoms with E-state index >= 15 is 0 Å². The van der Waals surface area contributed by atoms with E-state index in [1.165, 1.54) is 10.9 Å². The number of methoxy groups -OCH3 is 1. The Morgan fingerprint density at radius 1 is 1.17 bits per heavy atom. The third-order valence-corrected chi connectivity index (χ3v) is 4.46. The minimum atomic E-state index is -0.352. The summed E-state index contributed by atoms with van der Waals surface area (Å²) in [7, 11) is 1.62. The zero-order valence-corrected chi connectivity index (χ0v) is 16.3. The van der Waals surface area contributed by atoms with Crippen LogP contribution in [0.5, 0.6) is 5.75 Å². The molecule has 7 nitrogen and oxygen atoms in total. The van der Waals surface area contributed by atoms with E-state index in [1.807, 2.05) is 24.3 Å². The van der Waals surface area contributed by atoms with Gasteiger partial charge in [0.05, 0.1) is 13.4 Å². The smallest absolute Gasteiger partial charge is 0.281 e. The van der Waals surface area contributed by atoms with Gasteiger partial charge in [-0.2, -0.15) is 9.67 Å². The predicted octanol–water partition coefficient (Wildman–Crippen LogP) is 4.50. The normalized spacial score (nSPS) is 10.7. The first-order valence-corrected chi connectivity index (χ1v) is 9.20. The number of hydrogen-bond acceptors (Lipinski definition) is 6. The average molecular weight is 409 g/mol. The molecule has 0 aliphatic heterocycles. The number of carbonyl (C=O) groups excluding carboxylic acids is 1. The highest BCUT2D eigenvalue weighted by Crippen LogP contribution is 2.21. The highest BCUT2D eigenvalue weighted by atomic mass is 35.5. The number of ether oxygens (including phenoxy) is 1. The van der Waals surface area contributed by atoms with Gasteiger partial charge in [0.2, 0.25) is 11.8 Å². The second-order valence-electron chi connectivity index (χ2n) is 6.17. The van der Waals surface area contributed by atoms with Crippen LogP contribution in [0.1, 0.15) is 15.9 Å². The van der Waals surface area contributed by atoms with Crippen molar-refractivity contribution in [3.63, 3.8) is 0 Å². The van der Waals surface area contributed by atoms with E-state index in [9.17, 15) is 4.79 Å². The number of furan rings is 1. The SMILES string of the molecule is COc1ccc(CNc2nc(-c3ccco3)nn2C(=O)c2cccc(Cl)c2)cc1. The molecule has 29 heavy (non-hydrogen) atoms. The lowest BCUT2D eigenvalue weighted by atomic mass is 10.2. The van der Waals surface area contributed by atoms with Gasteiger partial charge in [-0.25, -0.2) is 0 Å². The Labute approximate surface area is 171 Å². The minimum Gasteiger partial charge on any atom is -0.497 e. The molecule has 0 aliphatic rings. The van der Waals surface area contributed by atoms with E-state index in [4.69, 9.17) is 20.8 Å². The number of halogens is 1. The topological polar surface area (TPSA) is 82.2 Å². The minimum absolute atomic E-state index is 0.303. The van der Waals surface area contributed by atoms with Crippen LogP contribution in [-0.2, 0) is 6.54 Å². The maximum Gasteiger partial charge on any atom is 0.281 e. The van der Waals surface area contributed by atoms with Crippen LogP contribution in [-0.4, -0.2) is 27.8 Å². The molecular weight excluding hydrogens is 392 g/mol. The molecule has 4 rings (SSSR count). The van der Waals surface area contributed by atoms with Crippen LogP contribution in [0.25, 0.3) is 11.6 Å². The molecule has 2 aromatic carbocycles. The van der Waals surface area contributed by atoms with Crippen LogP contribution in [0.4, 0.5) is 5.95 Å². The van der Waals surface area contributed by atoms with Crippen LogP contribution in [0, 0.1) is 0 Å². The van der Waals surface area contributed by atoms with Crippen LogP contribution >= 0.6 is 11.6 Å². The monoisotopic (exact) mass is 408 g/mol. The van der Waals surface area contributed by atoms with Crippen molar-refractivity contribution in [3.8, 4) is 17.3 Å². The summed E-state index contributed by atoms with van der Waals surface area (Å²) in [5.74, 6) is 1.50. The first-order chi connectivity index (χ1) is 14.1. The van der Waals surface area contributed by atoms with Crippen LogP contribution in [0.2, 0.25) is 5.02 Å². The zero-order valence-electron chi connectivity index (χ0n) is 15.5. The Bertz CT molecular complexity index is 1120. The molecule has 8 heteroatoms. The van der Waals surface area contributed by atoms with E-state index in [-0.39, 0.29) is 5.91 Å². The van der Waals surface area contributed by atoms with Gasteiger partial charge in [0.15, 0.2) is 5.76 Å². The largest absolute Gasteiger partial charge is 0.497 e. The fraction of sp³-hybridized carbons (Fsp3) is 0.0952. The molecule has 0 saturated heterocycles. The number of nitrogens with one attached hydrogen (secondary N) is 1. The predicted molar refractivity (Wildman–Crippen MR) is 109 cm³/mol. The Morgan fingerprint density at radius 2 is 2.00 bits per heavy atom. The van der Waals surface area contributed by atoms with Gasteiger partial charge in [-0.3, -0.25) is 4.79 Å². The van der Waals surface area contributed by atoms with Crippen molar-refractivity contribution in [2.75, 3.05) is 12.4 Å². The van der Waals surface area contributed by atoms with Gasteiger partial charge in [0.25, 0.3) is 5.91 Å². The van der Waals surface area contributed by atoms with Crippen molar-refractivity contribution in [1.29, 1.82) is 0 Å². The van der Waals surface area contributed by atoms with Gasteiger partial charge in [-0.05, 0) is 48.0 Å². The third-order valence-electron chi connectivity index (χ3n) is 4.22. The third kappa shape index (κ3) is 4.14. The molecule has 0 radical (unpaired) electrons. The molecule has 0 aliphatic carbocycles. The molecule has 2 aromatic heterocycles. The van der Waals surface area contributed by atoms with Gasteiger partial charge in [0, 0.05) is 17.1 Å². The molecule has 2 heterocycles.